The molecular formula is C32H54O15. The van der Waals surface area contributed by atoms with Gasteiger partial charge >= 0.3 is 41.8 Å². The summed E-state index contributed by atoms with van der Waals surface area (Å²) in [7, 11) is 0. The molecule has 0 aromatic heterocycles. The van der Waals surface area contributed by atoms with Gasteiger partial charge in [-0.3, -0.25) is 24.0 Å². The smallest absolute Gasteiger partial charge is 0.337 e. The minimum atomic E-state index is -2.32. The molecule has 0 saturated carbocycles. The van der Waals surface area contributed by atoms with Crippen molar-refractivity contribution in [2.24, 2.45) is 10.8 Å². The topological polar surface area (TPSA) is 248 Å². The van der Waals surface area contributed by atoms with E-state index in [0.29, 0.717) is 32.1 Å². The van der Waals surface area contributed by atoms with Gasteiger partial charge in [0.1, 0.15) is 10.8 Å². The fourth-order valence-corrected chi connectivity index (χ4v) is 5.84. The van der Waals surface area contributed by atoms with E-state index in [-0.39, 0.29) is 38.9 Å². The van der Waals surface area contributed by atoms with Crippen LogP contribution in [0.25, 0.3) is 0 Å². The van der Waals surface area contributed by atoms with Gasteiger partial charge in [0.05, 0.1) is 12.8 Å². The number of carbonyl (C=O) groups excluding carboxylic acids is 2. The van der Waals surface area contributed by atoms with Crippen LogP contribution in [0.15, 0.2) is 0 Å². The van der Waals surface area contributed by atoms with Crippen LogP contribution in [0.3, 0.4) is 0 Å². The van der Waals surface area contributed by atoms with Crippen molar-refractivity contribution in [2.75, 3.05) is 13.2 Å². The monoisotopic (exact) mass is 678 g/mol. The number of aliphatic carboxylic acids is 5. The first-order valence-electron chi connectivity index (χ1n) is 16.0. The van der Waals surface area contributed by atoms with Gasteiger partial charge in [0, 0.05) is 20.1 Å². The minimum absolute atomic E-state index is 0.0172. The fraction of sp³-hybridized carbons (Fsp3) is 0.781. The lowest BCUT2D eigenvalue weighted by Gasteiger charge is -2.44. The van der Waals surface area contributed by atoms with Crippen LogP contribution in [0.5, 0.6) is 0 Å². The quantitative estimate of drug-likeness (QED) is 0.0524. The third-order valence-electron chi connectivity index (χ3n) is 8.43. The maximum Gasteiger partial charge on any atom is 0.337 e. The zero-order chi connectivity index (χ0) is 37.1. The van der Waals surface area contributed by atoms with Crippen molar-refractivity contribution in [3.05, 3.63) is 0 Å². The van der Waals surface area contributed by atoms with E-state index >= 15 is 0 Å². The number of ether oxygens (including phenoxy) is 3. The molecule has 47 heavy (non-hydrogen) atoms. The van der Waals surface area contributed by atoms with Crippen LogP contribution < -0.4 is 0 Å². The molecule has 0 amide bonds. The summed E-state index contributed by atoms with van der Waals surface area (Å²) in [4.78, 5) is 82.3. The minimum Gasteiger partial charge on any atom is -0.481 e. The highest BCUT2D eigenvalue weighted by Crippen LogP contribution is 2.47. The zero-order valence-corrected chi connectivity index (χ0v) is 28.7. The van der Waals surface area contributed by atoms with E-state index in [4.69, 9.17) is 14.6 Å². The molecular weight excluding hydrogens is 624 g/mol. The van der Waals surface area contributed by atoms with E-state index in [0.717, 1.165) is 13.3 Å². The molecule has 0 aliphatic heterocycles. The van der Waals surface area contributed by atoms with Crippen LogP contribution in [0.4, 0.5) is 0 Å². The molecule has 0 bridgehead atoms. The third kappa shape index (κ3) is 11.3. The highest BCUT2D eigenvalue weighted by molar-refractivity contribution is 5.96. The molecule has 2 unspecified atom stereocenters. The van der Waals surface area contributed by atoms with Crippen molar-refractivity contribution in [3.8, 4) is 0 Å². The second-order valence-electron chi connectivity index (χ2n) is 11.3. The van der Waals surface area contributed by atoms with E-state index in [9.17, 15) is 54.0 Å². The molecule has 15 heteroatoms. The van der Waals surface area contributed by atoms with E-state index in [1.54, 1.807) is 0 Å². The predicted octanol–water partition coefficient (Wildman–Crippen LogP) is 4.77. The molecule has 0 heterocycles. The molecule has 0 aliphatic rings. The Morgan fingerprint density at radius 1 is 0.553 bits per heavy atom. The maximum absolute atomic E-state index is 12.4. The molecule has 0 spiro atoms. The SMILES string of the molecule is CCCCOC(CC(=O)O)(C(=O)O)C(CCCC)(CCCC)C(=O)O.CCOC(CC(=O)O)(C(=O)O)C(CC)(CC)C(=O)OC(C)=O. The van der Waals surface area contributed by atoms with E-state index < -0.39 is 76.7 Å². The van der Waals surface area contributed by atoms with E-state index in [2.05, 4.69) is 4.74 Å². The van der Waals surface area contributed by atoms with Crippen LogP contribution >= 0.6 is 0 Å². The van der Waals surface area contributed by atoms with Gasteiger partial charge in [0.2, 0.25) is 0 Å². The van der Waals surface area contributed by atoms with Crippen LogP contribution in [0.2, 0.25) is 0 Å². The summed E-state index contributed by atoms with van der Waals surface area (Å²) in [5.41, 5.74) is -8.15. The van der Waals surface area contributed by atoms with Gasteiger partial charge in [-0.05, 0) is 39.0 Å². The Morgan fingerprint density at radius 2 is 0.957 bits per heavy atom. The lowest BCUT2D eigenvalue weighted by molar-refractivity contribution is -0.208. The van der Waals surface area contributed by atoms with Crippen LogP contribution in [0, 0.1) is 10.8 Å². The second kappa shape index (κ2) is 21.3. The molecule has 0 aliphatic carbocycles. The van der Waals surface area contributed by atoms with Gasteiger partial charge in [-0.25, -0.2) is 9.59 Å². The van der Waals surface area contributed by atoms with Crippen molar-refractivity contribution < 1.29 is 73.3 Å². The summed E-state index contributed by atoms with van der Waals surface area (Å²) in [6, 6.07) is 0. The Labute approximate surface area is 276 Å². The largest absolute Gasteiger partial charge is 0.481 e. The van der Waals surface area contributed by atoms with E-state index in [1.165, 1.54) is 20.8 Å². The summed E-state index contributed by atoms with van der Waals surface area (Å²) in [6.07, 6.45) is 1.83. The Morgan fingerprint density at radius 3 is 1.23 bits per heavy atom. The van der Waals surface area contributed by atoms with Crippen molar-refractivity contribution in [1.82, 2.24) is 0 Å². The molecule has 0 saturated heterocycles. The number of unbranched alkanes of at least 4 members (excludes halogenated alkanes) is 3. The summed E-state index contributed by atoms with van der Waals surface area (Å²) < 4.78 is 15.4. The van der Waals surface area contributed by atoms with Gasteiger partial charge in [-0.15, -0.1) is 0 Å². The first-order chi connectivity index (χ1) is 21.9. The third-order valence-corrected chi connectivity index (χ3v) is 8.43. The first kappa shape index (κ1) is 45.5. The Kier molecular flexibility index (Phi) is 20.7. The fourth-order valence-electron chi connectivity index (χ4n) is 5.84. The molecule has 0 fully saturated rings. The highest BCUT2D eigenvalue weighted by Gasteiger charge is 2.64. The van der Waals surface area contributed by atoms with Crippen molar-refractivity contribution in [3.63, 3.8) is 0 Å². The highest BCUT2D eigenvalue weighted by atomic mass is 16.6. The molecule has 5 N–H and O–H groups in total. The standard InChI is InChI=1S/C18H32O7.C14H22O8/c1-4-7-10-17(15(21)22,11-8-5-2)18(16(23)24,13-14(19)20)25-12-9-6-3;1-5-13(6-2,12(20)22-9(4)15)14(11(18)19,21-7-3)8-10(16)17/h4-13H2,1-3H3,(H,19,20)(H,21,22)(H,23,24);5-8H2,1-4H3,(H,16,17)(H,18,19). The Hall–Kier alpha value is -3.59. The average molecular weight is 679 g/mol. The maximum atomic E-state index is 12.4. The van der Waals surface area contributed by atoms with Gasteiger partial charge in [0.25, 0.3) is 0 Å². The number of esters is 2. The van der Waals surface area contributed by atoms with Crippen molar-refractivity contribution in [1.29, 1.82) is 0 Å². The summed E-state index contributed by atoms with van der Waals surface area (Å²) in [6.45, 7) is 11.1. The molecule has 272 valence electrons. The van der Waals surface area contributed by atoms with E-state index in [1.807, 2.05) is 20.8 Å². The second-order valence-corrected chi connectivity index (χ2v) is 11.3. The molecule has 2 atom stereocenters. The summed E-state index contributed by atoms with van der Waals surface area (Å²) in [5.74, 6) is -9.20. The number of rotatable bonds is 24. The first-order valence-corrected chi connectivity index (χ1v) is 16.0. The van der Waals surface area contributed by atoms with Crippen LogP contribution in [-0.2, 0) is 47.8 Å². The predicted molar refractivity (Wildman–Crippen MR) is 167 cm³/mol. The number of hydrogen-bond acceptors (Lipinski definition) is 10. The summed E-state index contributed by atoms with van der Waals surface area (Å²) >= 11 is 0. The molecule has 15 nitrogen and oxygen atoms in total. The molecule has 0 radical (unpaired) electrons. The molecule has 0 aromatic carbocycles. The lowest BCUT2D eigenvalue weighted by Crippen LogP contribution is -2.61. The van der Waals surface area contributed by atoms with Crippen LogP contribution in [0.1, 0.15) is 126 Å². The Bertz CT molecular complexity index is 1060. The van der Waals surface area contributed by atoms with Gasteiger partial charge in [-0.1, -0.05) is 66.7 Å². The molecule has 0 aromatic rings. The number of carboxylic acid groups (broad SMARTS) is 5. The van der Waals surface area contributed by atoms with Crippen molar-refractivity contribution in [2.45, 2.75) is 137 Å². The van der Waals surface area contributed by atoms with Crippen molar-refractivity contribution >= 4 is 41.8 Å². The number of hydrogen-bond donors (Lipinski definition) is 5. The normalized spacial score (nSPS) is 14.0. The zero-order valence-electron chi connectivity index (χ0n) is 28.7. The van der Waals surface area contributed by atoms with Gasteiger partial charge < -0.3 is 39.7 Å². The number of carboxylic acids is 5. The van der Waals surface area contributed by atoms with Gasteiger partial charge in [-0.2, -0.15) is 0 Å². The van der Waals surface area contributed by atoms with Crippen LogP contribution in [-0.4, -0.2) is 91.7 Å². The van der Waals surface area contributed by atoms with Gasteiger partial charge in [0.15, 0.2) is 11.2 Å². The number of carbonyl (C=O) groups is 7. The molecule has 0 rings (SSSR count). The lowest BCUT2D eigenvalue weighted by atomic mass is 9.64. The average Bonchev–Trinajstić information content (AvgIpc) is 2.97. The Balaban J connectivity index is 0. The summed E-state index contributed by atoms with van der Waals surface area (Å²) in [5, 5.41) is 47.9.